The van der Waals surface area contributed by atoms with Crippen molar-refractivity contribution in [3.05, 3.63) is 69.8 Å². The van der Waals surface area contributed by atoms with E-state index in [0.29, 0.717) is 0 Å². The number of non-ortho nitro benzene ring substituents is 1. The molecule has 8 heteroatoms. The number of halogens is 3. The van der Waals surface area contributed by atoms with Crippen molar-refractivity contribution >= 4 is 11.5 Å². The van der Waals surface area contributed by atoms with Crippen LogP contribution >= 0.6 is 0 Å². The first-order valence-electron chi connectivity index (χ1n) is 6.35. The summed E-state index contributed by atoms with van der Waals surface area (Å²) in [6, 6.07) is 9.26. The van der Waals surface area contributed by atoms with Gasteiger partial charge in [-0.2, -0.15) is 13.2 Å². The number of hydrogen-bond acceptors (Lipinski definition) is 4. The van der Waals surface area contributed by atoms with Gasteiger partial charge in [0.15, 0.2) is 12.4 Å². The number of nitro benzene ring substituents is 1. The third-order valence-electron chi connectivity index (χ3n) is 2.95. The fourth-order valence-electron chi connectivity index (χ4n) is 1.82. The number of rotatable bonds is 5. The molecule has 0 spiro atoms. The Kier molecular flexibility index (Phi) is 4.63. The van der Waals surface area contributed by atoms with Gasteiger partial charge in [0.2, 0.25) is 0 Å². The van der Waals surface area contributed by atoms with E-state index in [1.165, 1.54) is 24.3 Å². The molecule has 0 aliphatic heterocycles. The number of para-hydroxylation sites is 1. The maximum absolute atomic E-state index is 12.8. The first-order chi connectivity index (χ1) is 10.8. The van der Waals surface area contributed by atoms with Crippen LogP contribution in [0.5, 0.6) is 5.75 Å². The Morgan fingerprint density at radius 2 is 1.70 bits per heavy atom. The van der Waals surface area contributed by atoms with Gasteiger partial charge >= 0.3 is 6.18 Å². The van der Waals surface area contributed by atoms with Crippen molar-refractivity contribution in [3.63, 3.8) is 0 Å². The predicted octanol–water partition coefficient (Wildman–Crippen LogP) is 3.88. The molecule has 2 aromatic rings. The smallest absolute Gasteiger partial charge is 0.419 e. The maximum Gasteiger partial charge on any atom is 0.419 e. The van der Waals surface area contributed by atoms with Gasteiger partial charge < -0.3 is 4.74 Å². The van der Waals surface area contributed by atoms with E-state index >= 15 is 0 Å². The third kappa shape index (κ3) is 4.06. The minimum atomic E-state index is -4.59. The van der Waals surface area contributed by atoms with Gasteiger partial charge in [0.05, 0.1) is 10.5 Å². The monoisotopic (exact) mass is 325 g/mol. The molecule has 0 bridgehead atoms. The minimum Gasteiger partial charge on any atom is -0.485 e. The van der Waals surface area contributed by atoms with Gasteiger partial charge in [-0.1, -0.05) is 12.1 Å². The SMILES string of the molecule is O=C(COc1ccccc1C(F)(F)F)c1ccc([N+](=O)[O-])cc1. The molecule has 0 saturated heterocycles. The molecule has 0 amide bonds. The molecule has 2 aromatic carbocycles. The molecule has 2 rings (SSSR count). The van der Waals surface area contributed by atoms with Crippen LogP contribution in [0.1, 0.15) is 15.9 Å². The average Bonchev–Trinajstić information content (AvgIpc) is 2.52. The fourth-order valence-corrected chi connectivity index (χ4v) is 1.82. The van der Waals surface area contributed by atoms with Crippen molar-refractivity contribution < 1.29 is 27.6 Å². The van der Waals surface area contributed by atoms with Crippen LogP contribution in [0.25, 0.3) is 0 Å². The Labute approximate surface area is 128 Å². The van der Waals surface area contributed by atoms with Gasteiger partial charge in [-0.05, 0) is 24.3 Å². The van der Waals surface area contributed by atoms with Gasteiger partial charge in [-0.3, -0.25) is 14.9 Å². The lowest BCUT2D eigenvalue weighted by molar-refractivity contribution is -0.384. The molecular formula is C15H10F3NO4. The summed E-state index contributed by atoms with van der Waals surface area (Å²) in [4.78, 5) is 21.8. The van der Waals surface area contributed by atoms with Crippen molar-refractivity contribution in [1.29, 1.82) is 0 Å². The lowest BCUT2D eigenvalue weighted by atomic mass is 10.1. The molecule has 0 fully saturated rings. The summed E-state index contributed by atoms with van der Waals surface area (Å²) >= 11 is 0. The zero-order chi connectivity index (χ0) is 17.0. The number of alkyl halides is 3. The van der Waals surface area contributed by atoms with Gasteiger partial charge in [-0.25, -0.2) is 0 Å². The van der Waals surface area contributed by atoms with Crippen LogP contribution < -0.4 is 4.74 Å². The van der Waals surface area contributed by atoms with Crippen LogP contribution in [-0.2, 0) is 6.18 Å². The fraction of sp³-hybridized carbons (Fsp3) is 0.133. The van der Waals surface area contributed by atoms with Crippen LogP contribution in [0.15, 0.2) is 48.5 Å². The second kappa shape index (κ2) is 6.47. The molecule has 0 heterocycles. The lowest BCUT2D eigenvalue weighted by Gasteiger charge is -2.13. The molecule has 0 aromatic heterocycles. The highest BCUT2D eigenvalue weighted by molar-refractivity contribution is 5.97. The van der Waals surface area contributed by atoms with E-state index in [1.807, 2.05) is 0 Å². The lowest BCUT2D eigenvalue weighted by Crippen LogP contribution is -2.14. The van der Waals surface area contributed by atoms with Crippen molar-refractivity contribution in [2.45, 2.75) is 6.18 Å². The molecule has 0 atom stereocenters. The highest BCUT2D eigenvalue weighted by Crippen LogP contribution is 2.35. The summed E-state index contributed by atoms with van der Waals surface area (Å²) in [5, 5.41) is 10.5. The summed E-state index contributed by atoms with van der Waals surface area (Å²) < 4.78 is 43.3. The largest absolute Gasteiger partial charge is 0.485 e. The van der Waals surface area contributed by atoms with E-state index < -0.39 is 34.8 Å². The van der Waals surface area contributed by atoms with Crippen molar-refractivity contribution in [2.24, 2.45) is 0 Å². The maximum atomic E-state index is 12.8. The topological polar surface area (TPSA) is 69.4 Å². The number of ether oxygens (including phenoxy) is 1. The Morgan fingerprint density at radius 3 is 2.26 bits per heavy atom. The van der Waals surface area contributed by atoms with E-state index in [9.17, 15) is 28.1 Å². The van der Waals surface area contributed by atoms with Gasteiger partial charge in [0.1, 0.15) is 5.75 Å². The Hall–Kier alpha value is -2.90. The first kappa shape index (κ1) is 16.5. The molecule has 0 saturated carbocycles. The molecule has 0 aliphatic carbocycles. The molecule has 120 valence electrons. The first-order valence-corrected chi connectivity index (χ1v) is 6.35. The Morgan fingerprint density at radius 1 is 1.09 bits per heavy atom. The van der Waals surface area contributed by atoms with Gasteiger partial charge in [0.25, 0.3) is 5.69 Å². The molecule has 0 radical (unpaired) electrons. The number of benzene rings is 2. The average molecular weight is 325 g/mol. The molecule has 23 heavy (non-hydrogen) atoms. The summed E-state index contributed by atoms with van der Waals surface area (Å²) in [6.07, 6.45) is -4.59. The molecule has 0 unspecified atom stereocenters. The van der Waals surface area contributed by atoms with E-state index in [-0.39, 0.29) is 11.3 Å². The van der Waals surface area contributed by atoms with Gasteiger partial charge in [-0.15, -0.1) is 0 Å². The zero-order valence-corrected chi connectivity index (χ0v) is 11.5. The standard InChI is InChI=1S/C15H10F3NO4/c16-15(17,18)12-3-1-2-4-14(12)23-9-13(20)10-5-7-11(8-6-10)19(21)22/h1-8H,9H2. The summed E-state index contributed by atoms with van der Waals surface area (Å²) in [5.74, 6) is -1.04. The van der Waals surface area contributed by atoms with Crippen molar-refractivity contribution in [1.82, 2.24) is 0 Å². The summed E-state index contributed by atoms with van der Waals surface area (Å²) in [6.45, 7) is -0.606. The van der Waals surface area contributed by atoms with Gasteiger partial charge in [0, 0.05) is 17.7 Å². The summed E-state index contributed by atoms with van der Waals surface area (Å²) in [5.41, 5.74) is -1.05. The van der Waals surface area contributed by atoms with Crippen LogP contribution in [0, 0.1) is 10.1 Å². The Bertz CT molecular complexity index is 726. The number of carbonyl (C=O) groups is 1. The van der Waals surface area contributed by atoms with Crippen LogP contribution in [0.2, 0.25) is 0 Å². The molecule has 5 nitrogen and oxygen atoms in total. The minimum absolute atomic E-state index is 0.111. The molecule has 0 aliphatic rings. The zero-order valence-electron chi connectivity index (χ0n) is 11.5. The van der Waals surface area contributed by atoms with E-state index in [0.717, 1.165) is 24.3 Å². The third-order valence-corrected chi connectivity index (χ3v) is 2.95. The quantitative estimate of drug-likeness (QED) is 0.475. The predicted molar refractivity (Wildman–Crippen MR) is 74.4 cm³/mol. The second-order valence-corrected chi connectivity index (χ2v) is 4.51. The van der Waals surface area contributed by atoms with Crippen molar-refractivity contribution in [3.8, 4) is 5.75 Å². The normalized spacial score (nSPS) is 11.1. The van der Waals surface area contributed by atoms with Crippen LogP contribution in [0.3, 0.4) is 0 Å². The molecular weight excluding hydrogens is 315 g/mol. The van der Waals surface area contributed by atoms with Crippen LogP contribution in [0.4, 0.5) is 18.9 Å². The Balaban J connectivity index is 2.09. The second-order valence-electron chi connectivity index (χ2n) is 4.51. The van der Waals surface area contributed by atoms with Crippen molar-refractivity contribution in [2.75, 3.05) is 6.61 Å². The van der Waals surface area contributed by atoms with Crippen LogP contribution in [-0.4, -0.2) is 17.3 Å². The number of Topliss-reactive ketones (excluding diaryl/α,β-unsaturated/α-hetero) is 1. The summed E-state index contributed by atoms with van der Waals surface area (Å²) in [7, 11) is 0. The number of hydrogen-bond donors (Lipinski definition) is 0. The number of carbonyl (C=O) groups excluding carboxylic acids is 1. The molecule has 0 N–H and O–H groups in total. The number of ketones is 1. The van der Waals surface area contributed by atoms with E-state index in [4.69, 9.17) is 4.74 Å². The van der Waals surface area contributed by atoms with E-state index in [1.54, 1.807) is 0 Å². The number of nitro groups is 1. The number of nitrogens with zero attached hydrogens (tertiary/aromatic N) is 1. The highest BCUT2D eigenvalue weighted by Gasteiger charge is 2.34. The highest BCUT2D eigenvalue weighted by atomic mass is 19.4. The van der Waals surface area contributed by atoms with E-state index in [2.05, 4.69) is 0 Å².